The molecule has 1 fully saturated rings. The molecule has 1 aliphatic heterocycles. The number of nitrogens with zero attached hydrogens (tertiary/aromatic N) is 1. The van der Waals surface area contributed by atoms with Gasteiger partial charge in [-0.05, 0) is 38.6 Å². The Morgan fingerprint density at radius 3 is 2.81 bits per heavy atom. The number of nitrogens with two attached hydrogens (primary N) is 1. The molecule has 0 saturated carbocycles. The van der Waals surface area contributed by atoms with Crippen molar-refractivity contribution in [3.05, 3.63) is 18.2 Å². The van der Waals surface area contributed by atoms with Gasteiger partial charge < -0.3 is 15.4 Å². The highest BCUT2D eigenvalue weighted by atomic mass is 32.2. The van der Waals surface area contributed by atoms with Gasteiger partial charge in [0.15, 0.2) is 0 Å². The average Bonchev–Trinajstić information content (AvgIpc) is 2.47. The maximum absolute atomic E-state index is 12.3. The molecule has 0 radical (unpaired) electrons. The fourth-order valence-electron chi connectivity index (χ4n) is 2.57. The van der Waals surface area contributed by atoms with Crippen LogP contribution < -0.4 is 15.4 Å². The van der Waals surface area contributed by atoms with Crippen molar-refractivity contribution in [1.29, 1.82) is 0 Å². The number of hydrogen-bond donors (Lipinski definition) is 2. The first kappa shape index (κ1) is 16.1. The molecule has 3 N–H and O–H groups in total. The van der Waals surface area contributed by atoms with Crippen LogP contribution in [0.2, 0.25) is 0 Å². The quantitative estimate of drug-likeness (QED) is 0.815. The number of ether oxygens (including phenoxy) is 1. The Labute approximate surface area is 126 Å². The Morgan fingerprint density at radius 1 is 1.48 bits per heavy atom. The van der Waals surface area contributed by atoms with Crippen LogP contribution in [0.25, 0.3) is 0 Å². The first-order valence-corrected chi connectivity index (χ1v) is 8.58. The van der Waals surface area contributed by atoms with E-state index < -0.39 is 10.0 Å². The lowest BCUT2D eigenvalue weighted by molar-refractivity contribution is 0.0297. The molecule has 1 aromatic carbocycles. The number of benzene rings is 1. The van der Waals surface area contributed by atoms with Crippen LogP contribution in [0.5, 0.6) is 0 Å². The molecule has 0 spiro atoms. The van der Waals surface area contributed by atoms with Crippen LogP contribution in [0.1, 0.15) is 20.3 Å². The number of morpholine rings is 1. The summed E-state index contributed by atoms with van der Waals surface area (Å²) < 4.78 is 32.6. The lowest BCUT2D eigenvalue weighted by Gasteiger charge is -2.40. The highest BCUT2D eigenvalue weighted by molar-refractivity contribution is 7.89. The minimum Gasteiger partial charge on any atom is -0.399 e. The van der Waals surface area contributed by atoms with Crippen LogP contribution in [0.15, 0.2) is 23.1 Å². The van der Waals surface area contributed by atoms with Gasteiger partial charge in [0, 0.05) is 12.2 Å². The number of anilines is 2. The highest BCUT2D eigenvalue weighted by Gasteiger charge is 2.30. The first-order valence-electron chi connectivity index (χ1n) is 7.10. The van der Waals surface area contributed by atoms with E-state index in [0.717, 1.165) is 6.42 Å². The molecule has 0 bridgehead atoms. The third kappa shape index (κ3) is 3.30. The maximum Gasteiger partial charge on any atom is 0.242 e. The maximum atomic E-state index is 12.3. The van der Waals surface area contributed by atoms with E-state index in [2.05, 4.69) is 16.5 Å². The standard InChI is InChI=1S/C14H23N3O3S/c1-4-12-9-20-10(2)8-17(12)13-6-5-11(15)7-14(13)21(18,19)16-3/h5-7,10,12,16H,4,8-9,15H2,1-3H3. The molecule has 2 atom stereocenters. The second kappa shape index (κ2) is 6.21. The zero-order valence-corrected chi connectivity index (χ0v) is 13.5. The van der Waals surface area contributed by atoms with Gasteiger partial charge in [-0.3, -0.25) is 0 Å². The number of nitrogen functional groups attached to an aromatic ring is 1. The van der Waals surface area contributed by atoms with Crippen molar-refractivity contribution in [2.45, 2.75) is 37.3 Å². The Morgan fingerprint density at radius 2 is 2.19 bits per heavy atom. The zero-order valence-electron chi connectivity index (χ0n) is 12.7. The van der Waals surface area contributed by atoms with Crippen molar-refractivity contribution < 1.29 is 13.2 Å². The van der Waals surface area contributed by atoms with Crippen LogP contribution >= 0.6 is 0 Å². The molecule has 1 heterocycles. The minimum absolute atomic E-state index is 0.0653. The summed E-state index contributed by atoms with van der Waals surface area (Å²) >= 11 is 0. The molecular formula is C14H23N3O3S. The molecule has 1 saturated heterocycles. The molecular weight excluding hydrogens is 290 g/mol. The van der Waals surface area contributed by atoms with E-state index in [1.807, 2.05) is 6.92 Å². The SMILES string of the molecule is CCC1COC(C)CN1c1ccc(N)cc1S(=O)(=O)NC. The van der Waals surface area contributed by atoms with Crippen molar-refractivity contribution >= 4 is 21.4 Å². The molecule has 7 heteroatoms. The fraction of sp³-hybridized carbons (Fsp3) is 0.571. The predicted octanol–water partition coefficient (Wildman–Crippen LogP) is 1.18. The second-order valence-corrected chi connectivity index (χ2v) is 7.15. The predicted molar refractivity (Wildman–Crippen MR) is 83.9 cm³/mol. The molecule has 0 amide bonds. The summed E-state index contributed by atoms with van der Waals surface area (Å²) in [6.45, 7) is 5.32. The summed E-state index contributed by atoms with van der Waals surface area (Å²) in [5, 5.41) is 0. The molecule has 0 aliphatic carbocycles. The van der Waals surface area contributed by atoms with Gasteiger partial charge in [-0.15, -0.1) is 0 Å². The summed E-state index contributed by atoms with van der Waals surface area (Å²) in [4.78, 5) is 2.33. The summed E-state index contributed by atoms with van der Waals surface area (Å²) in [5.74, 6) is 0. The Bertz CT molecular complexity index is 603. The molecule has 1 aliphatic rings. The molecule has 1 aromatic rings. The van der Waals surface area contributed by atoms with Gasteiger partial charge in [0.25, 0.3) is 0 Å². The van der Waals surface area contributed by atoms with E-state index in [1.165, 1.54) is 13.1 Å². The van der Waals surface area contributed by atoms with E-state index in [1.54, 1.807) is 12.1 Å². The molecule has 2 unspecified atom stereocenters. The minimum atomic E-state index is -3.56. The monoisotopic (exact) mass is 313 g/mol. The van der Waals surface area contributed by atoms with Gasteiger partial charge >= 0.3 is 0 Å². The fourth-order valence-corrected chi connectivity index (χ4v) is 3.54. The van der Waals surface area contributed by atoms with Crippen molar-refractivity contribution in [3.8, 4) is 0 Å². The smallest absolute Gasteiger partial charge is 0.242 e. The largest absolute Gasteiger partial charge is 0.399 e. The Balaban J connectivity index is 2.52. The van der Waals surface area contributed by atoms with E-state index in [0.29, 0.717) is 24.5 Å². The zero-order chi connectivity index (χ0) is 15.6. The van der Waals surface area contributed by atoms with Crippen molar-refractivity contribution in [3.63, 3.8) is 0 Å². The normalized spacial score (nSPS) is 23.3. The first-order chi connectivity index (χ1) is 9.89. The molecule has 2 rings (SSSR count). The van der Waals surface area contributed by atoms with Crippen molar-refractivity contribution in [2.75, 3.05) is 30.8 Å². The summed E-state index contributed by atoms with van der Waals surface area (Å²) in [5.41, 5.74) is 6.88. The van der Waals surface area contributed by atoms with Gasteiger partial charge in [0.1, 0.15) is 4.90 Å². The van der Waals surface area contributed by atoms with Gasteiger partial charge in [0.05, 0.1) is 24.4 Å². The lowest BCUT2D eigenvalue weighted by Crippen LogP contribution is -2.49. The molecule has 118 valence electrons. The van der Waals surface area contributed by atoms with E-state index in [9.17, 15) is 8.42 Å². The van der Waals surface area contributed by atoms with Crippen LogP contribution in [0.3, 0.4) is 0 Å². The number of rotatable bonds is 4. The van der Waals surface area contributed by atoms with Gasteiger partial charge in [-0.1, -0.05) is 6.92 Å². The molecule has 21 heavy (non-hydrogen) atoms. The third-order valence-electron chi connectivity index (χ3n) is 3.79. The van der Waals surface area contributed by atoms with E-state index in [-0.39, 0.29) is 17.0 Å². The number of sulfonamides is 1. The third-order valence-corrected chi connectivity index (χ3v) is 5.23. The number of nitrogens with one attached hydrogen (secondary N) is 1. The highest BCUT2D eigenvalue weighted by Crippen LogP contribution is 2.31. The second-order valence-electron chi connectivity index (χ2n) is 5.29. The van der Waals surface area contributed by atoms with Crippen LogP contribution in [0.4, 0.5) is 11.4 Å². The van der Waals surface area contributed by atoms with Crippen LogP contribution in [0, 0.1) is 0 Å². The average molecular weight is 313 g/mol. The van der Waals surface area contributed by atoms with Gasteiger partial charge in [0.2, 0.25) is 10.0 Å². The Kier molecular flexibility index (Phi) is 4.75. The summed E-state index contributed by atoms with van der Waals surface area (Å²) in [7, 11) is -2.16. The van der Waals surface area contributed by atoms with Crippen molar-refractivity contribution in [2.24, 2.45) is 0 Å². The van der Waals surface area contributed by atoms with Crippen LogP contribution in [-0.2, 0) is 14.8 Å². The molecule has 0 aromatic heterocycles. The molecule has 6 nitrogen and oxygen atoms in total. The van der Waals surface area contributed by atoms with Gasteiger partial charge in [-0.2, -0.15) is 0 Å². The Hall–Kier alpha value is -1.31. The van der Waals surface area contributed by atoms with Crippen LogP contribution in [-0.4, -0.2) is 40.8 Å². The topological polar surface area (TPSA) is 84.7 Å². The number of hydrogen-bond acceptors (Lipinski definition) is 5. The summed E-state index contributed by atoms with van der Waals surface area (Å²) in [6, 6.07) is 5.18. The van der Waals surface area contributed by atoms with E-state index in [4.69, 9.17) is 10.5 Å². The summed E-state index contributed by atoms with van der Waals surface area (Å²) in [6.07, 6.45) is 0.950. The lowest BCUT2D eigenvalue weighted by atomic mass is 10.1. The van der Waals surface area contributed by atoms with Crippen molar-refractivity contribution in [1.82, 2.24) is 4.72 Å². The van der Waals surface area contributed by atoms with E-state index >= 15 is 0 Å². The van der Waals surface area contributed by atoms with Gasteiger partial charge in [-0.25, -0.2) is 13.1 Å².